The van der Waals surface area contributed by atoms with Crippen molar-refractivity contribution in [1.29, 1.82) is 0 Å². The predicted octanol–water partition coefficient (Wildman–Crippen LogP) is 1.59. The van der Waals surface area contributed by atoms with Crippen LogP contribution in [0.4, 0.5) is 5.69 Å². The first-order valence-corrected chi connectivity index (χ1v) is 7.47. The molecule has 0 saturated carbocycles. The van der Waals surface area contributed by atoms with Crippen molar-refractivity contribution in [2.75, 3.05) is 24.5 Å². The third-order valence-corrected chi connectivity index (χ3v) is 4.42. The van der Waals surface area contributed by atoms with Crippen LogP contribution in [-0.4, -0.2) is 36.6 Å². The second kappa shape index (κ2) is 5.85. The quantitative estimate of drug-likeness (QED) is 0.883. The normalized spacial score (nSPS) is 24.1. The fourth-order valence-corrected chi connectivity index (χ4v) is 3.36. The molecule has 2 aliphatic rings. The number of carboxylic acid groups (broad SMARTS) is 1. The summed E-state index contributed by atoms with van der Waals surface area (Å²) in [5.74, 6) is -0.388. The maximum absolute atomic E-state index is 12.5. The zero-order chi connectivity index (χ0) is 14.8. The predicted molar refractivity (Wildman–Crippen MR) is 79.4 cm³/mol. The Hall–Kier alpha value is -1.88. The van der Waals surface area contributed by atoms with E-state index in [1.807, 2.05) is 24.3 Å². The van der Waals surface area contributed by atoms with E-state index >= 15 is 0 Å². The van der Waals surface area contributed by atoms with Gasteiger partial charge in [0, 0.05) is 24.6 Å². The topological polar surface area (TPSA) is 69.6 Å². The fourth-order valence-electron chi connectivity index (χ4n) is 3.36. The first kappa shape index (κ1) is 14.1. The minimum Gasteiger partial charge on any atom is -0.481 e. The molecule has 1 fully saturated rings. The van der Waals surface area contributed by atoms with Crippen molar-refractivity contribution in [2.24, 2.45) is 5.92 Å². The van der Waals surface area contributed by atoms with Gasteiger partial charge in [0.2, 0.25) is 5.91 Å². The maximum Gasteiger partial charge on any atom is 0.304 e. The molecule has 0 aromatic heterocycles. The SMILES string of the molecule is O=C(O)CC1CN(C(=O)CC2CCNC2)c2ccccc21. The van der Waals surface area contributed by atoms with Gasteiger partial charge in [-0.3, -0.25) is 9.59 Å². The molecule has 2 heterocycles. The van der Waals surface area contributed by atoms with Gasteiger partial charge < -0.3 is 15.3 Å². The number of fused-ring (bicyclic) bond motifs is 1. The third-order valence-electron chi connectivity index (χ3n) is 4.42. The molecule has 0 aliphatic carbocycles. The van der Waals surface area contributed by atoms with Crippen LogP contribution in [0.25, 0.3) is 0 Å². The Labute approximate surface area is 123 Å². The van der Waals surface area contributed by atoms with Crippen molar-refractivity contribution < 1.29 is 14.7 Å². The highest BCUT2D eigenvalue weighted by molar-refractivity contribution is 5.96. The highest BCUT2D eigenvalue weighted by Crippen LogP contribution is 2.38. The van der Waals surface area contributed by atoms with E-state index in [1.54, 1.807) is 4.90 Å². The first-order valence-electron chi connectivity index (χ1n) is 7.47. The number of carbonyl (C=O) groups is 2. The van der Waals surface area contributed by atoms with Gasteiger partial charge in [0.05, 0.1) is 6.42 Å². The third kappa shape index (κ3) is 2.93. The number of anilines is 1. The molecule has 1 amide bonds. The van der Waals surface area contributed by atoms with E-state index in [2.05, 4.69) is 5.32 Å². The lowest BCUT2D eigenvalue weighted by molar-refractivity contribution is -0.137. The molecule has 0 bridgehead atoms. The van der Waals surface area contributed by atoms with Crippen molar-refractivity contribution in [3.05, 3.63) is 29.8 Å². The molecule has 3 rings (SSSR count). The van der Waals surface area contributed by atoms with Crippen LogP contribution in [0.1, 0.15) is 30.7 Å². The summed E-state index contributed by atoms with van der Waals surface area (Å²) in [7, 11) is 0. The molecule has 2 N–H and O–H groups in total. The molecule has 0 spiro atoms. The first-order chi connectivity index (χ1) is 10.1. The second-order valence-electron chi connectivity index (χ2n) is 5.92. The molecule has 21 heavy (non-hydrogen) atoms. The van der Waals surface area contributed by atoms with Crippen LogP contribution in [-0.2, 0) is 9.59 Å². The molecule has 2 aliphatic heterocycles. The van der Waals surface area contributed by atoms with Crippen LogP contribution in [0, 0.1) is 5.92 Å². The number of aliphatic carboxylic acids is 1. The number of hydrogen-bond acceptors (Lipinski definition) is 3. The largest absolute Gasteiger partial charge is 0.481 e. The lowest BCUT2D eigenvalue weighted by Gasteiger charge is -2.19. The summed E-state index contributed by atoms with van der Waals surface area (Å²) in [6.45, 7) is 2.38. The molecule has 2 atom stereocenters. The number of carboxylic acids is 1. The van der Waals surface area contributed by atoms with Crippen molar-refractivity contribution in [3.8, 4) is 0 Å². The highest BCUT2D eigenvalue weighted by Gasteiger charge is 2.34. The van der Waals surface area contributed by atoms with E-state index in [0.29, 0.717) is 18.9 Å². The van der Waals surface area contributed by atoms with Gasteiger partial charge in [0.1, 0.15) is 0 Å². The number of nitrogens with one attached hydrogen (secondary N) is 1. The highest BCUT2D eigenvalue weighted by atomic mass is 16.4. The zero-order valence-electron chi connectivity index (χ0n) is 11.9. The summed E-state index contributed by atoms with van der Waals surface area (Å²) < 4.78 is 0. The van der Waals surface area contributed by atoms with E-state index < -0.39 is 5.97 Å². The molecule has 5 nitrogen and oxygen atoms in total. The van der Waals surface area contributed by atoms with Crippen LogP contribution in [0.3, 0.4) is 0 Å². The van der Waals surface area contributed by atoms with Gasteiger partial charge in [-0.05, 0) is 37.1 Å². The molecule has 5 heteroatoms. The average Bonchev–Trinajstić information content (AvgIpc) is 3.07. The number of para-hydroxylation sites is 1. The number of carbonyl (C=O) groups excluding carboxylic acids is 1. The molecular weight excluding hydrogens is 268 g/mol. The Morgan fingerprint density at radius 1 is 1.29 bits per heavy atom. The summed E-state index contributed by atoms with van der Waals surface area (Å²) in [5, 5.41) is 12.3. The molecule has 2 unspecified atom stereocenters. The van der Waals surface area contributed by atoms with E-state index in [-0.39, 0.29) is 18.2 Å². The fraction of sp³-hybridized carbons (Fsp3) is 0.500. The summed E-state index contributed by atoms with van der Waals surface area (Å²) in [6, 6.07) is 7.66. The van der Waals surface area contributed by atoms with Crippen molar-refractivity contribution in [3.63, 3.8) is 0 Å². The smallest absolute Gasteiger partial charge is 0.304 e. The van der Waals surface area contributed by atoms with Gasteiger partial charge in [-0.2, -0.15) is 0 Å². The Kier molecular flexibility index (Phi) is 3.92. The molecule has 0 radical (unpaired) electrons. The molecular formula is C16H20N2O3. The van der Waals surface area contributed by atoms with E-state index in [4.69, 9.17) is 5.11 Å². The van der Waals surface area contributed by atoms with Crippen LogP contribution in [0.15, 0.2) is 24.3 Å². The van der Waals surface area contributed by atoms with Crippen molar-refractivity contribution in [1.82, 2.24) is 5.32 Å². The lowest BCUT2D eigenvalue weighted by Crippen LogP contribution is -2.32. The van der Waals surface area contributed by atoms with E-state index in [9.17, 15) is 9.59 Å². The van der Waals surface area contributed by atoms with Gasteiger partial charge >= 0.3 is 5.97 Å². The van der Waals surface area contributed by atoms with Crippen LogP contribution in [0.2, 0.25) is 0 Å². The number of hydrogen-bond donors (Lipinski definition) is 2. The standard InChI is InChI=1S/C16H20N2O3/c19-15(7-11-5-6-17-9-11)18-10-12(8-16(20)21)13-3-1-2-4-14(13)18/h1-4,11-12,17H,5-10H2,(H,20,21). The van der Waals surface area contributed by atoms with E-state index in [0.717, 1.165) is 30.8 Å². The Morgan fingerprint density at radius 2 is 2.10 bits per heavy atom. The maximum atomic E-state index is 12.5. The van der Waals surface area contributed by atoms with Crippen LogP contribution < -0.4 is 10.2 Å². The van der Waals surface area contributed by atoms with Gasteiger partial charge in [0.15, 0.2) is 0 Å². The summed E-state index contributed by atoms with van der Waals surface area (Å²) in [5.41, 5.74) is 1.87. The zero-order valence-corrected chi connectivity index (χ0v) is 11.9. The summed E-state index contributed by atoms with van der Waals surface area (Å²) in [4.78, 5) is 25.3. The van der Waals surface area contributed by atoms with Gasteiger partial charge in [-0.25, -0.2) is 0 Å². The number of nitrogens with zero attached hydrogens (tertiary/aromatic N) is 1. The minimum absolute atomic E-state index is 0.0752. The Bertz CT molecular complexity index is 552. The number of amides is 1. The Morgan fingerprint density at radius 3 is 2.81 bits per heavy atom. The van der Waals surface area contributed by atoms with Gasteiger partial charge in [-0.15, -0.1) is 0 Å². The van der Waals surface area contributed by atoms with Crippen LogP contribution in [0.5, 0.6) is 0 Å². The van der Waals surface area contributed by atoms with Gasteiger partial charge in [0.25, 0.3) is 0 Å². The van der Waals surface area contributed by atoms with Gasteiger partial charge in [-0.1, -0.05) is 18.2 Å². The summed E-state index contributed by atoms with van der Waals surface area (Å²) >= 11 is 0. The van der Waals surface area contributed by atoms with Crippen molar-refractivity contribution in [2.45, 2.75) is 25.2 Å². The average molecular weight is 288 g/mol. The number of rotatable bonds is 4. The minimum atomic E-state index is -0.816. The Balaban J connectivity index is 1.76. The molecule has 1 saturated heterocycles. The van der Waals surface area contributed by atoms with Crippen LogP contribution >= 0.6 is 0 Å². The number of benzene rings is 1. The molecule has 1 aromatic carbocycles. The van der Waals surface area contributed by atoms with E-state index in [1.165, 1.54) is 0 Å². The lowest BCUT2D eigenvalue weighted by atomic mass is 9.98. The monoisotopic (exact) mass is 288 g/mol. The second-order valence-corrected chi connectivity index (χ2v) is 5.92. The molecule has 1 aromatic rings. The van der Waals surface area contributed by atoms with Crippen molar-refractivity contribution >= 4 is 17.6 Å². The molecule has 112 valence electrons. The summed E-state index contributed by atoms with van der Waals surface area (Å²) in [6.07, 6.45) is 1.66.